The van der Waals surface area contributed by atoms with Crippen LogP contribution in [0.15, 0.2) is 41.7 Å². The van der Waals surface area contributed by atoms with E-state index in [0.717, 1.165) is 0 Å². The monoisotopic (exact) mass is 302 g/mol. The van der Waals surface area contributed by atoms with E-state index >= 15 is 0 Å². The van der Waals surface area contributed by atoms with Gasteiger partial charge in [-0.25, -0.2) is 4.79 Å². The smallest absolute Gasteiger partial charge is 0.338 e. The first kappa shape index (κ1) is 15.4. The van der Waals surface area contributed by atoms with Crippen molar-refractivity contribution in [3.63, 3.8) is 0 Å². The Morgan fingerprint density at radius 2 is 2.36 bits per heavy atom. The molecule has 0 unspecified atom stereocenters. The van der Waals surface area contributed by atoms with Gasteiger partial charge in [0.15, 0.2) is 0 Å². The van der Waals surface area contributed by atoms with Crippen LogP contribution in [0, 0.1) is 10.1 Å². The molecule has 1 aromatic heterocycles. The normalized spacial score (nSPS) is 10.8. The lowest BCUT2D eigenvalue weighted by Gasteiger charge is -2.02. The molecule has 2 rings (SSSR count). The highest BCUT2D eigenvalue weighted by molar-refractivity contribution is 5.93. The molecule has 0 atom stereocenters. The van der Waals surface area contributed by atoms with E-state index in [0.29, 0.717) is 18.7 Å². The number of aliphatic imine (C=N–C) groups is 1. The van der Waals surface area contributed by atoms with Gasteiger partial charge in [-0.1, -0.05) is 0 Å². The summed E-state index contributed by atoms with van der Waals surface area (Å²) < 4.78 is 6.26. The van der Waals surface area contributed by atoms with Gasteiger partial charge < -0.3 is 4.74 Å². The summed E-state index contributed by atoms with van der Waals surface area (Å²) in [5.74, 6) is -0.620. The van der Waals surface area contributed by atoms with Crippen LogP contribution >= 0.6 is 0 Å². The topological polar surface area (TPSA) is 99.6 Å². The van der Waals surface area contributed by atoms with Crippen LogP contribution in [0.2, 0.25) is 0 Å². The number of hydrogen-bond acceptors (Lipinski definition) is 6. The van der Waals surface area contributed by atoms with Crippen molar-refractivity contribution in [2.75, 3.05) is 13.7 Å². The average molecular weight is 302 g/mol. The Bertz CT molecular complexity index is 695. The van der Waals surface area contributed by atoms with E-state index in [9.17, 15) is 14.9 Å². The number of hydrogen-bond donors (Lipinski definition) is 0. The lowest BCUT2D eigenvalue weighted by Crippen LogP contribution is -2.04. The zero-order valence-electron chi connectivity index (χ0n) is 11.9. The fourth-order valence-electron chi connectivity index (χ4n) is 1.81. The number of carbonyl (C=O) groups is 1. The second-order valence-corrected chi connectivity index (χ2v) is 4.33. The maximum Gasteiger partial charge on any atom is 0.338 e. The van der Waals surface area contributed by atoms with Crippen molar-refractivity contribution in [3.05, 3.63) is 57.9 Å². The second kappa shape index (κ2) is 7.11. The van der Waals surface area contributed by atoms with Crippen LogP contribution in [0.5, 0.6) is 0 Å². The summed E-state index contributed by atoms with van der Waals surface area (Å²) in [5.41, 5.74) is 0.270. The van der Waals surface area contributed by atoms with Crippen LogP contribution in [-0.4, -0.2) is 40.5 Å². The van der Waals surface area contributed by atoms with Gasteiger partial charge in [0, 0.05) is 24.7 Å². The van der Waals surface area contributed by atoms with E-state index in [1.807, 2.05) is 6.20 Å². The van der Waals surface area contributed by atoms with Gasteiger partial charge in [-0.3, -0.25) is 19.8 Å². The molecule has 0 saturated heterocycles. The minimum atomic E-state index is -0.620. The van der Waals surface area contributed by atoms with Gasteiger partial charge in [-0.05, 0) is 18.2 Å². The molecule has 8 heteroatoms. The zero-order chi connectivity index (χ0) is 15.9. The lowest BCUT2D eigenvalue weighted by atomic mass is 10.1. The van der Waals surface area contributed by atoms with Crippen molar-refractivity contribution in [3.8, 4) is 0 Å². The molecule has 2 aromatic rings. The molecule has 1 aromatic carbocycles. The number of nitrogens with zero attached hydrogens (tertiary/aromatic N) is 4. The minimum absolute atomic E-state index is 0.128. The Balaban J connectivity index is 2.12. The van der Waals surface area contributed by atoms with Crippen LogP contribution in [0.3, 0.4) is 0 Å². The largest absolute Gasteiger partial charge is 0.465 e. The molecule has 1 heterocycles. The molecule has 0 N–H and O–H groups in total. The number of benzene rings is 1. The Hall–Kier alpha value is -3.03. The highest BCUT2D eigenvalue weighted by Crippen LogP contribution is 2.19. The highest BCUT2D eigenvalue weighted by Gasteiger charge is 2.16. The molecular weight excluding hydrogens is 288 g/mol. The number of rotatable bonds is 6. The SMILES string of the molecule is COC(=O)c1ccc(/C=N/CCn2cccn2)c([N+](=O)[O-])c1. The molecule has 0 radical (unpaired) electrons. The summed E-state index contributed by atoms with van der Waals surface area (Å²) in [4.78, 5) is 26.1. The third-order valence-electron chi connectivity index (χ3n) is 2.90. The number of carbonyl (C=O) groups excluding carboxylic acids is 1. The van der Waals surface area contributed by atoms with E-state index in [4.69, 9.17) is 0 Å². The van der Waals surface area contributed by atoms with Gasteiger partial charge in [0.1, 0.15) is 0 Å². The standard InChI is InChI=1S/C14H14N4O4/c1-22-14(19)11-3-4-12(13(9-11)18(20)21)10-15-6-8-17-7-2-5-16-17/h2-5,7,9-10H,6,8H2,1H3/b15-10+. The molecule has 0 aliphatic rings. The van der Waals surface area contributed by atoms with Gasteiger partial charge in [-0.2, -0.15) is 5.10 Å². The molecule has 0 fully saturated rings. The third-order valence-corrected chi connectivity index (χ3v) is 2.90. The summed E-state index contributed by atoms with van der Waals surface area (Å²) in [6.07, 6.45) is 4.89. The lowest BCUT2D eigenvalue weighted by molar-refractivity contribution is -0.385. The summed E-state index contributed by atoms with van der Waals surface area (Å²) in [7, 11) is 1.22. The molecule has 0 aliphatic heterocycles. The van der Waals surface area contributed by atoms with Gasteiger partial charge in [0.25, 0.3) is 5.69 Å². The quantitative estimate of drug-likeness (QED) is 0.350. The first-order chi connectivity index (χ1) is 10.6. The maximum atomic E-state index is 11.4. The van der Waals surface area contributed by atoms with Crippen molar-refractivity contribution in [1.82, 2.24) is 9.78 Å². The van der Waals surface area contributed by atoms with Crippen LogP contribution in [0.4, 0.5) is 5.69 Å². The van der Waals surface area contributed by atoms with E-state index in [-0.39, 0.29) is 11.3 Å². The molecule has 8 nitrogen and oxygen atoms in total. The molecule has 0 aliphatic carbocycles. The predicted molar refractivity (Wildman–Crippen MR) is 79.1 cm³/mol. The Morgan fingerprint density at radius 3 is 3.00 bits per heavy atom. The van der Waals surface area contributed by atoms with Gasteiger partial charge in [-0.15, -0.1) is 0 Å². The van der Waals surface area contributed by atoms with Crippen molar-refractivity contribution >= 4 is 17.9 Å². The molecule has 22 heavy (non-hydrogen) atoms. The molecule has 0 bridgehead atoms. The number of nitro benzene ring substituents is 1. The van der Waals surface area contributed by atoms with Crippen LogP contribution in [-0.2, 0) is 11.3 Å². The van der Waals surface area contributed by atoms with Crippen LogP contribution < -0.4 is 0 Å². The molecule has 0 spiro atoms. The fourth-order valence-corrected chi connectivity index (χ4v) is 1.81. The third kappa shape index (κ3) is 3.75. The zero-order valence-corrected chi connectivity index (χ0v) is 11.9. The minimum Gasteiger partial charge on any atom is -0.465 e. The summed E-state index contributed by atoms with van der Waals surface area (Å²) >= 11 is 0. The number of esters is 1. The number of methoxy groups -OCH3 is 1. The molecule has 0 amide bonds. The van der Waals surface area contributed by atoms with E-state index in [2.05, 4.69) is 14.8 Å². The summed E-state index contributed by atoms with van der Waals surface area (Å²) in [6.45, 7) is 1.02. The fraction of sp³-hybridized carbons (Fsp3) is 0.214. The van der Waals surface area contributed by atoms with E-state index in [1.165, 1.54) is 31.5 Å². The van der Waals surface area contributed by atoms with Gasteiger partial charge in [0.2, 0.25) is 0 Å². The molecule has 114 valence electrons. The number of nitro groups is 1. The Kier molecular flexibility index (Phi) is 4.97. The Morgan fingerprint density at radius 1 is 1.55 bits per heavy atom. The average Bonchev–Trinajstić information content (AvgIpc) is 3.04. The first-order valence-corrected chi connectivity index (χ1v) is 6.46. The van der Waals surface area contributed by atoms with E-state index < -0.39 is 10.9 Å². The van der Waals surface area contributed by atoms with Gasteiger partial charge in [0.05, 0.1) is 36.2 Å². The van der Waals surface area contributed by atoms with E-state index in [1.54, 1.807) is 16.9 Å². The number of aromatic nitrogens is 2. The van der Waals surface area contributed by atoms with Crippen molar-refractivity contribution < 1.29 is 14.5 Å². The van der Waals surface area contributed by atoms with Crippen molar-refractivity contribution in [1.29, 1.82) is 0 Å². The maximum absolute atomic E-state index is 11.4. The molecular formula is C14H14N4O4. The van der Waals surface area contributed by atoms with Crippen LogP contribution in [0.1, 0.15) is 15.9 Å². The van der Waals surface area contributed by atoms with Gasteiger partial charge >= 0.3 is 5.97 Å². The Labute approximate surface area is 126 Å². The summed E-state index contributed by atoms with van der Waals surface area (Å²) in [5, 5.41) is 15.1. The molecule has 0 saturated carbocycles. The predicted octanol–water partition coefficient (Wildman–Crippen LogP) is 1.70. The summed E-state index contributed by atoms with van der Waals surface area (Å²) in [6, 6.07) is 5.93. The first-order valence-electron chi connectivity index (χ1n) is 6.46. The highest BCUT2D eigenvalue weighted by atomic mass is 16.6. The number of ether oxygens (including phenoxy) is 1. The van der Waals surface area contributed by atoms with Crippen molar-refractivity contribution in [2.24, 2.45) is 4.99 Å². The van der Waals surface area contributed by atoms with Crippen LogP contribution in [0.25, 0.3) is 0 Å². The van der Waals surface area contributed by atoms with Crippen molar-refractivity contribution in [2.45, 2.75) is 6.54 Å². The second-order valence-electron chi connectivity index (χ2n) is 4.33.